The third-order valence-corrected chi connectivity index (χ3v) is 10.4. The van der Waals surface area contributed by atoms with Crippen LogP contribution in [0.4, 0.5) is 0 Å². The van der Waals surface area contributed by atoms with Gasteiger partial charge in [-0.15, -0.1) is 0 Å². The van der Waals surface area contributed by atoms with Crippen molar-refractivity contribution in [2.75, 3.05) is 0 Å². The van der Waals surface area contributed by atoms with Crippen molar-refractivity contribution in [3.05, 3.63) is 118 Å². The number of nitrogens with zero attached hydrogens (tertiary/aromatic N) is 4. The summed E-state index contributed by atoms with van der Waals surface area (Å²) in [5.74, 6) is -0.160. The third-order valence-electron chi connectivity index (χ3n) is 10.4. The summed E-state index contributed by atoms with van der Waals surface area (Å²) < 4.78 is 0. The fourth-order valence-electron chi connectivity index (χ4n) is 6.05. The lowest BCUT2D eigenvalue weighted by Crippen LogP contribution is -2.25. The molecule has 0 aliphatic carbocycles. The Morgan fingerprint density at radius 3 is 0.797 bits per heavy atom. The minimum absolute atomic E-state index is 0.00133. The van der Waals surface area contributed by atoms with Gasteiger partial charge in [0.1, 0.15) is 29.1 Å². The van der Waals surface area contributed by atoms with Gasteiger partial charge >= 0.3 is 0 Å². The highest BCUT2D eigenvalue weighted by molar-refractivity contribution is 6.06. The largest absolute Gasteiger partial charge is 0.294 e. The first-order valence-electron chi connectivity index (χ1n) is 25.4. The van der Waals surface area contributed by atoms with Crippen molar-refractivity contribution in [2.24, 2.45) is 43.3 Å². The first-order chi connectivity index (χ1) is 33.1. The summed E-state index contributed by atoms with van der Waals surface area (Å²) in [6.07, 6.45) is 4.32. The van der Waals surface area contributed by atoms with Gasteiger partial charge in [0.25, 0.3) is 0 Å². The molecule has 0 aliphatic heterocycles. The summed E-state index contributed by atoms with van der Waals surface area (Å²) in [4.78, 5) is 113. The Balaban J connectivity index is 0.000000949. The molecule has 0 amide bonds. The van der Waals surface area contributed by atoms with Crippen molar-refractivity contribution in [2.45, 2.75) is 180 Å². The number of aromatic nitrogens is 4. The topological polar surface area (TPSA) is 188 Å². The van der Waals surface area contributed by atoms with Crippen LogP contribution in [0.2, 0.25) is 0 Å². The number of rotatable bonds is 8. The van der Waals surface area contributed by atoms with Crippen LogP contribution in [0.15, 0.2) is 73.3 Å². The van der Waals surface area contributed by atoms with E-state index in [1.54, 1.807) is 48.5 Å². The Morgan fingerprint density at radius 1 is 0.297 bits per heavy atom. The number of pyridine rings is 2. The quantitative estimate of drug-likeness (QED) is 0.152. The van der Waals surface area contributed by atoms with Gasteiger partial charge in [-0.25, -0.2) is 15.0 Å². The molecule has 4 rings (SSSR count). The van der Waals surface area contributed by atoms with E-state index in [9.17, 15) is 38.4 Å². The van der Waals surface area contributed by atoms with Crippen LogP contribution in [0.3, 0.4) is 0 Å². The second-order valence-corrected chi connectivity index (χ2v) is 26.4. The number of hydrogen-bond donors (Lipinski definition) is 0. The average Bonchev–Trinajstić information content (AvgIpc) is 3.28. The normalized spacial score (nSPS) is 12.1. The van der Waals surface area contributed by atoms with Crippen molar-refractivity contribution in [3.8, 4) is 0 Å². The van der Waals surface area contributed by atoms with Gasteiger partial charge in [-0.3, -0.25) is 43.3 Å². The molecule has 3 heterocycles. The monoisotopic (exact) mass is 1020 g/mol. The summed E-state index contributed by atoms with van der Waals surface area (Å²) >= 11 is 0. The van der Waals surface area contributed by atoms with E-state index in [4.69, 9.17) is 0 Å². The second-order valence-electron chi connectivity index (χ2n) is 26.4. The van der Waals surface area contributed by atoms with Gasteiger partial charge < -0.3 is 0 Å². The van der Waals surface area contributed by atoms with Crippen LogP contribution in [0, 0.1) is 43.3 Å². The van der Waals surface area contributed by atoms with Crippen LogP contribution in [-0.4, -0.2) is 66.2 Å². The van der Waals surface area contributed by atoms with Crippen molar-refractivity contribution >= 4 is 46.3 Å². The Labute approximate surface area is 444 Å². The number of benzene rings is 1. The van der Waals surface area contributed by atoms with Crippen molar-refractivity contribution in [1.29, 1.82) is 0 Å². The molecule has 0 aliphatic rings. The molecule has 0 spiro atoms. The van der Waals surface area contributed by atoms with Crippen LogP contribution < -0.4 is 0 Å². The summed E-state index contributed by atoms with van der Waals surface area (Å²) in [5.41, 5.74) is -0.279. The van der Waals surface area contributed by atoms with E-state index in [0.717, 1.165) is 0 Å². The first kappa shape index (κ1) is 68.0. The van der Waals surface area contributed by atoms with Gasteiger partial charge in [0.15, 0.2) is 46.3 Å². The van der Waals surface area contributed by atoms with E-state index in [2.05, 4.69) is 19.9 Å². The lowest BCUT2D eigenvalue weighted by Gasteiger charge is -2.19. The minimum atomic E-state index is -0.517. The van der Waals surface area contributed by atoms with Crippen molar-refractivity contribution in [3.63, 3.8) is 0 Å². The van der Waals surface area contributed by atoms with Gasteiger partial charge in [0.2, 0.25) is 0 Å². The molecule has 0 atom stereocenters. The molecule has 0 N–H and O–H groups in total. The Hall–Kier alpha value is -6.04. The standard InChI is InChI=1S/C16H22O2.2C15H21NO2.C14H20N2O2.C2H6/c1-15(2,3)13(17)11-8-7-9-12(10-11)14(18)16(4,5)6;1-14(2,3)12(17)10-7-11(9-16-8-10)13(18)15(4,5)6;1-14(2,3)12(17)10-8-7-9-11(16-10)13(18)15(4,5)6;1-13(2,3)11(17)9-7-10(16-8-15-9)12(18)14(4,5)6;1-2/h7-10H,1-6H3;2*7-9H,1-6H3;7-8H,1-6H3;1-2H3. The molecule has 406 valence electrons. The summed E-state index contributed by atoms with van der Waals surface area (Å²) in [5, 5.41) is 0. The molecule has 12 nitrogen and oxygen atoms in total. The number of carbonyl (C=O) groups excluding carboxylic acids is 8. The second kappa shape index (κ2) is 25.9. The zero-order chi connectivity index (χ0) is 58.6. The predicted octanol–water partition coefficient (Wildman–Crippen LogP) is 15.2. The molecule has 74 heavy (non-hydrogen) atoms. The van der Waals surface area contributed by atoms with Gasteiger partial charge in [0.05, 0.1) is 0 Å². The maximum absolute atomic E-state index is 12.2. The van der Waals surface area contributed by atoms with E-state index in [1.807, 2.05) is 180 Å². The smallest absolute Gasteiger partial charge is 0.186 e. The van der Waals surface area contributed by atoms with Crippen molar-refractivity contribution < 1.29 is 38.4 Å². The van der Waals surface area contributed by atoms with E-state index in [-0.39, 0.29) is 46.3 Å². The van der Waals surface area contributed by atoms with E-state index in [0.29, 0.717) is 45.0 Å². The molecule has 0 radical (unpaired) electrons. The molecule has 4 aromatic rings. The van der Waals surface area contributed by atoms with E-state index in [1.165, 1.54) is 24.8 Å². The predicted molar refractivity (Wildman–Crippen MR) is 299 cm³/mol. The first-order valence-corrected chi connectivity index (χ1v) is 25.4. The molecule has 0 fully saturated rings. The maximum Gasteiger partial charge on any atom is 0.186 e. The maximum atomic E-state index is 12.2. The van der Waals surface area contributed by atoms with Gasteiger partial charge in [0, 0.05) is 78.0 Å². The highest BCUT2D eigenvalue weighted by Crippen LogP contribution is 2.28. The molecule has 12 heteroatoms. The number of ketones is 8. The summed E-state index contributed by atoms with van der Waals surface area (Å²) in [7, 11) is 0. The Morgan fingerprint density at radius 2 is 0.527 bits per heavy atom. The van der Waals surface area contributed by atoms with E-state index < -0.39 is 43.3 Å². The zero-order valence-electron chi connectivity index (χ0n) is 50.0. The summed E-state index contributed by atoms with van der Waals surface area (Å²) in [6.45, 7) is 48.4. The molecule has 1 aromatic carbocycles. The number of Topliss-reactive ketones (excluding diaryl/α,β-unsaturated/α-hetero) is 8. The minimum Gasteiger partial charge on any atom is -0.294 e. The van der Waals surface area contributed by atoms with E-state index >= 15 is 0 Å². The SMILES string of the molecule is CC.CC(C)(C)C(=O)c1cc(C(=O)C(C)(C)C)ncn1.CC(C)(C)C(=O)c1cccc(C(=O)C(C)(C)C)c1.CC(C)(C)C(=O)c1cccc(C(=O)C(C)(C)C)n1.CC(C)(C)C(=O)c1cncc(C(=O)C(C)(C)C)c1. The van der Waals surface area contributed by atoms with Crippen LogP contribution in [-0.2, 0) is 0 Å². The average molecular weight is 1020 g/mol. The molecule has 0 saturated carbocycles. The zero-order valence-corrected chi connectivity index (χ0v) is 50.0. The third kappa shape index (κ3) is 21.4. The van der Waals surface area contributed by atoms with Crippen molar-refractivity contribution in [1.82, 2.24) is 19.9 Å². The van der Waals surface area contributed by atoms with Crippen LogP contribution in [0.1, 0.15) is 263 Å². The highest BCUT2D eigenvalue weighted by Gasteiger charge is 2.31. The van der Waals surface area contributed by atoms with Crippen LogP contribution >= 0.6 is 0 Å². The molecular weight excluding hydrogens is 929 g/mol. The number of hydrogen-bond acceptors (Lipinski definition) is 12. The fraction of sp³-hybridized carbons (Fsp3) is 0.548. The van der Waals surface area contributed by atoms with Gasteiger partial charge in [-0.05, 0) is 30.3 Å². The van der Waals surface area contributed by atoms with Crippen LogP contribution in [0.25, 0.3) is 0 Å². The lowest BCUT2D eigenvalue weighted by atomic mass is 9.83. The molecule has 0 unspecified atom stereocenters. The number of carbonyl (C=O) groups is 8. The lowest BCUT2D eigenvalue weighted by molar-refractivity contribution is 0.0835. The summed E-state index contributed by atoms with van der Waals surface area (Å²) in [6, 6.07) is 15.2. The van der Waals surface area contributed by atoms with Gasteiger partial charge in [-0.2, -0.15) is 0 Å². The molecule has 0 bridgehead atoms. The van der Waals surface area contributed by atoms with Gasteiger partial charge in [-0.1, -0.05) is 204 Å². The molecule has 3 aromatic heterocycles. The molecular formula is C62H90N4O8. The highest BCUT2D eigenvalue weighted by atomic mass is 16.2. The molecule has 0 saturated heterocycles. The fourth-order valence-corrected chi connectivity index (χ4v) is 6.05. The van der Waals surface area contributed by atoms with Crippen LogP contribution in [0.5, 0.6) is 0 Å². The Kier molecular flexibility index (Phi) is 23.8. The Bertz CT molecular complexity index is 2110.